The largest absolute Gasteiger partial charge is 0.406 e. The van der Waals surface area contributed by atoms with Crippen molar-refractivity contribution in [3.63, 3.8) is 0 Å². The van der Waals surface area contributed by atoms with E-state index in [4.69, 9.17) is 11.6 Å². The molecule has 2 aromatic carbocycles. The number of amides is 2. The van der Waals surface area contributed by atoms with Gasteiger partial charge in [0.1, 0.15) is 6.54 Å². The zero-order chi connectivity index (χ0) is 24.5. The van der Waals surface area contributed by atoms with E-state index in [2.05, 4.69) is 10.3 Å². The molecule has 1 aliphatic heterocycles. The monoisotopic (exact) mass is 484 g/mol. The number of carbonyl (C=O) groups excluding carboxylic acids is 2. The molecule has 0 fully saturated rings. The van der Waals surface area contributed by atoms with Crippen molar-refractivity contribution in [2.45, 2.75) is 18.1 Å². The molecule has 2 amide bonds. The second-order valence-electron chi connectivity index (χ2n) is 7.67. The minimum Gasteiger partial charge on any atom is -0.325 e. The Bertz CT molecular complexity index is 1290. The number of nitriles is 1. The third kappa shape index (κ3) is 4.72. The molecule has 2 unspecified atom stereocenters. The Morgan fingerprint density at radius 1 is 1.18 bits per heavy atom. The highest BCUT2D eigenvalue weighted by Gasteiger charge is 2.47. The smallest absolute Gasteiger partial charge is 0.325 e. The molecule has 34 heavy (non-hydrogen) atoms. The number of pyridine rings is 1. The fraction of sp³-hybridized carbons (Fsp3) is 0.167. The maximum absolute atomic E-state index is 13.6. The molecule has 0 saturated heterocycles. The number of nitrogens with zero attached hydrogens (tertiary/aromatic N) is 3. The van der Waals surface area contributed by atoms with Gasteiger partial charge >= 0.3 is 6.18 Å². The third-order valence-electron chi connectivity index (χ3n) is 5.39. The number of hydrogen-bond acceptors (Lipinski definition) is 4. The number of nitrogens with one attached hydrogen (secondary N) is 1. The molecule has 4 rings (SSSR count). The number of rotatable bonds is 4. The third-order valence-corrected chi connectivity index (χ3v) is 5.61. The summed E-state index contributed by atoms with van der Waals surface area (Å²) in [7, 11) is 0. The van der Waals surface area contributed by atoms with E-state index in [0.29, 0.717) is 10.5 Å². The van der Waals surface area contributed by atoms with Crippen molar-refractivity contribution in [3.05, 3.63) is 94.3 Å². The molecule has 0 radical (unpaired) electrons. The summed E-state index contributed by atoms with van der Waals surface area (Å²) in [6, 6.07) is 14.0. The van der Waals surface area contributed by atoms with Crippen LogP contribution >= 0.6 is 11.6 Å². The first-order valence-corrected chi connectivity index (χ1v) is 10.4. The molecule has 2 atom stereocenters. The van der Waals surface area contributed by atoms with Crippen LogP contribution in [0.5, 0.6) is 0 Å². The van der Waals surface area contributed by atoms with Crippen molar-refractivity contribution in [1.29, 1.82) is 5.26 Å². The quantitative estimate of drug-likeness (QED) is 0.559. The zero-order valence-corrected chi connectivity index (χ0v) is 18.1. The molecule has 0 bridgehead atoms. The van der Waals surface area contributed by atoms with Gasteiger partial charge in [-0.3, -0.25) is 14.6 Å². The second kappa shape index (κ2) is 9.15. The molecule has 10 heteroatoms. The molecule has 0 spiro atoms. The fourth-order valence-electron chi connectivity index (χ4n) is 4.11. The summed E-state index contributed by atoms with van der Waals surface area (Å²) < 4.78 is 40.6. The van der Waals surface area contributed by atoms with Crippen molar-refractivity contribution < 1.29 is 22.8 Å². The first-order chi connectivity index (χ1) is 16.2. The van der Waals surface area contributed by atoms with Crippen LogP contribution in [-0.2, 0) is 4.79 Å². The van der Waals surface area contributed by atoms with Crippen LogP contribution in [-0.4, -0.2) is 34.4 Å². The predicted octanol–water partition coefficient (Wildman–Crippen LogP) is 5.09. The second-order valence-corrected chi connectivity index (χ2v) is 8.11. The van der Waals surface area contributed by atoms with Crippen LogP contribution in [0.25, 0.3) is 0 Å². The van der Waals surface area contributed by atoms with Crippen LogP contribution < -0.4 is 5.32 Å². The summed E-state index contributed by atoms with van der Waals surface area (Å²) in [6.45, 7) is -1.54. The lowest BCUT2D eigenvalue weighted by Gasteiger charge is -2.41. The lowest BCUT2D eigenvalue weighted by molar-refractivity contribution is -0.148. The van der Waals surface area contributed by atoms with Gasteiger partial charge in [-0.25, -0.2) is 0 Å². The molecular formula is C24H16ClF3N4O2. The standard InChI is InChI=1S/C24H16ClF3N4O2/c25-16-8-14(11-29)9-17(10-16)31-22(33)20-18-5-1-2-6-19(18)23(34)32(13-24(26,27)28)21(20)15-4-3-7-30-12-15/h1-10,12,20-21H,13H2,(H,31,33). The first-order valence-electron chi connectivity index (χ1n) is 10.1. The number of carbonyl (C=O) groups is 2. The summed E-state index contributed by atoms with van der Waals surface area (Å²) in [6.07, 6.45) is -1.92. The van der Waals surface area contributed by atoms with E-state index in [0.717, 1.165) is 0 Å². The van der Waals surface area contributed by atoms with Crippen molar-refractivity contribution in [1.82, 2.24) is 9.88 Å². The lowest BCUT2D eigenvalue weighted by atomic mass is 9.79. The maximum atomic E-state index is 13.6. The van der Waals surface area contributed by atoms with Gasteiger partial charge in [0.2, 0.25) is 5.91 Å². The topological polar surface area (TPSA) is 86.1 Å². The molecule has 172 valence electrons. The Kier molecular flexibility index (Phi) is 6.26. The lowest BCUT2D eigenvalue weighted by Crippen LogP contribution is -2.49. The number of halogens is 4. The molecule has 2 heterocycles. The number of fused-ring (bicyclic) bond motifs is 1. The highest BCUT2D eigenvalue weighted by molar-refractivity contribution is 6.31. The average molecular weight is 485 g/mol. The van der Waals surface area contributed by atoms with Gasteiger partial charge in [0.05, 0.1) is 23.6 Å². The highest BCUT2D eigenvalue weighted by atomic mass is 35.5. The summed E-state index contributed by atoms with van der Waals surface area (Å²) in [4.78, 5) is 31.4. The van der Waals surface area contributed by atoms with Gasteiger partial charge in [0.25, 0.3) is 5.91 Å². The summed E-state index contributed by atoms with van der Waals surface area (Å²) in [5.41, 5.74) is 0.981. The van der Waals surface area contributed by atoms with E-state index in [1.54, 1.807) is 12.1 Å². The van der Waals surface area contributed by atoms with Gasteiger partial charge in [-0.1, -0.05) is 35.9 Å². The number of alkyl halides is 3. The molecule has 1 aliphatic rings. The van der Waals surface area contributed by atoms with Gasteiger partial charge in [0.15, 0.2) is 0 Å². The zero-order valence-electron chi connectivity index (χ0n) is 17.4. The van der Waals surface area contributed by atoms with Crippen LogP contribution in [0.4, 0.5) is 18.9 Å². The minimum atomic E-state index is -4.70. The Morgan fingerprint density at radius 3 is 2.62 bits per heavy atom. The van der Waals surface area contributed by atoms with E-state index in [9.17, 15) is 28.0 Å². The molecule has 1 aromatic heterocycles. The van der Waals surface area contributed by atoms with Crippen molar-refractivity contribution >= 4 is 29.1 Å². The maximum Gasteiger partial charge on any atom is 0.406 e. The normalized spacial score (nSPS) is 17.6. The van der Waals surface area contributed by atoms with Gasteiger partial charge < -0.3 is 10.2 Å². The van der Waals surface area contributed by atoms with Gasteiger partial charge in [-0.15, -0.1) is 0 Å². The first kappa shape index (κ1) is 23.3. The Hall–Kier alpha value is -3.90. The molecule has 6 nitrogen and oxygen atoms in total. The Labute approximate surface area is 197 Å². The fourth-order valence-corrected chi connectivity index (χ4v) is 4.35. The van der Waals surface area contributed by atoms with Crippen LogP contribution in [0.1, 0.15) is 39.0 Å². The van der Waals surface area contributed by atoms with E-state index in [1.165, 1.54) is 54.9 Å². The Morgan fingerprint density at radius 2 is 1.94 bits per heavy atom. The van der Waals surface area contributed by atoms with Crippen molar-refractivity contribution in [2.75, 3.05) is 11.9 Å². The van der Waals surface area contributed by atoms with Crippen LogP contribution in [0.15, 0.2) is 67.0 Å². The molecule has 3 aromatic rings. The van der Waals surface area contributed by atoms with E-state index < -0.39 is 36.5 Å². The summed E-state index contributed by atoms with van der Waals surface area (Å²) >= 11 is 6.03. The highest BCUT2D eigenvalue weighted by Crippen LogP contribution is 2.44. The number of anilines is 1. The van der Waals surface area contributed by atoms with E-state index in [1.807, 2.05) is 6.07 Å². The number of aromatic nitrogens is 1. The SMILES string of the molecule is N#Cc1cc(Cl)cc(NC(=O)C2c3ccccc3C(=O)N(CC(F)(F)F)C2c2cccnc2)c1. The number of hydrogen-bond donors (Lipinski definition) is 1. The average Bonchev–Trinajstić information content (AvgIpc) is 2.80. The van der Waals surface area contributed by atoms with Crippen LogP contribution in [0.3, 0.4) is 0 Å². The number of benzene rings is 2. The molecule has 1 N–H and O–H groups in total. The van der Waals surface area contributed by atoms with Crippen molar-refractivity contribution in [3.8, 4) is 6.07 Å². The van der Waals surface area contributed by atoms with Gasteiger partial charge in [-0.2, -0.15) is 18.4 Å². The minimum absolute atomic E-state index is 0.0100. The predicted molar refractivity (Wildman–Crippen MR) is 118 cm³/mol. The van der Waals surface area contributed by atoms with E-state index >= 15 is 0 Å². The molecule has 0 saturated carbocycles. The van der Waals surface area contributed by atoms with Gasteiger partial charge in [0, 0.05) is 28.7 Å². The van der Waals surface area contributed by atoms with Crippen LogP contribution in [0.2, 0.25) is 5.02 Å². The molecule has 0 aliphatic carbocycles. The Balaban J connectivity index is 1.85. The van der Waals surface area contributed by atoms with Gasteiger partial charge in [-0.05, 0) is 41.5 Å². The molecular weight excluding hydrogens is 469 g/mol. The van der Waals surface area contributed by atoms with Crippen LogP contribution in [0, 0.1) is 11.3 Å². The van der Waals surface area contributed by atoms with E-state index in [-0.39, 0.29) is 27.4 Å². The summed E-state index contributed by atoms with van der Waals surface area (Å²) in [5, 5.41) is 12.0. The van der Waals surface area contributed by atoms with Crippen molar-refractivity contribution in [2.24, 2.45) is 0 Å². The summed E-state index contributed by atoms with van der Waals surface area (Å²) in [5.74, 6) is -2.68.